The molecule has 12 heavy (non-hydrogen) atoms. The van der Waals surface area contributed by atoms with E-state index in [-0.39, 0.29) is 0 Å². The van der Waals surface area contributed by atoms with Crippen molar-refractivity contribution in [2.24, 2.45) is 0 Å². The third-order valence-electron chi connectivity index (χ3n) is 2.22. The maximum Gasteiger partial charge on any atom is 0.0123 e. The lowest BCUT2D eigenvalue weighted by molar-refractivity contribution is 0.375. The van der Waals surface area contributed by atoms with Gasteiger partial charge in [0.15, 0.2) is 0 Å². The minimum Gasteiger partial charge on any atom is -0.315 e. The second kappa shape index (κ2) is 6.44. The number of nitrogens with one attached hydrogen (secondary N) is 2. The molecule has 0 heterocycles. The van der Waals surface area contributed by atoms with Gasteiger partial charge in [0.1, 0.15) is 0 Å². The average Bonchev–Trinajstić information content (AvgIpc) is 2.04. The lowest BCUT2D eigenvalue weighted by atomic mass is 10.0. The summed E-state index contributed by atoms with van der Waals surface area (Å²) in [6.07, 6.45) is 2.40. The zero-order valence-electron chi connectivity index (χ0n) is 9.04. The van der Waals surface area contributed by atoms with Crippen molar-refractivity contribution in [3.8, 4) is 0 Å². The fraction of sp³-hybridized carbons (Fsp3) is 1.00. The standard InChI is InChI=1S/C10H24N2/c1-5-7-11-8-9-12-10(3,4)6-2/h11-12H,5-9H2,1-4H3. The van der Waals surface area contributed by atoms with Gasteiger partial charge in [-0.2, -0.15) is 0 Å². The van der Waals surface area contributed by atoms with Gasteiger partial charge in [0.2, 0.25) is 0 Å². The Labute approximate surface area is 77.1 Å². The summed E-state index contributed by atoms with van der Waals surface area (Å²) in [6, 6.07) is 0. The Balaban J connectivity index is 3.19. The number of hydrogen-bond donors (Lipinski definition) is 2. The number of hydrogen-bond acceptors (Lipinski definition) is 2. The van der Waals surface area contributed by atoms with E-state index in [2.05, 4.69) is 38.3 Å². The molecule has 2 N–H and O–H groups in total. The molecule has 0 fully saturated rings. The van der Waals surface area contributed by atoms with Crippen molar-refractivity contribution in [2.45, 2.75) is 46.1 Å². The first-order valence-corrected chi connectivity index (χ1v) is 5.08. The monoisotopic (exact) mass is 172 g/mol. The Morgan fingerprint density at radius 1 is 1.00 bits per heavy atom. The zero-order valence-corrected chi connectivity index (χ0v) is 9.04. The fourth-order valence-corrected chi connectivity index (χ4v) is 0.916. The van der Waals surface area contributed by atoms with Gasteiger partial charge >= 0.3 is 0 Å². The minimum absolute atomic E-state index is 0.299. The summed E-state index contributed by atoms with van der Waals surface area (Å²) in [5.41, 5.74) is 0.299. The Morgan fingerprint density at radius 2 is 1.67 bits per heavy atom. The summed E-state index contributed by atoms with van der Waals surface area (Å²) < 4.78 is 0. The van der Waals surface area contributed by atoms with Crippen LogP contribution in [-0.4, -0.2) is 25.2 Å². The molecule has 0 aliphatic carbocycles. The summed E-state index contributed by atoms with van der Waals surface area (Å²) in [7, 11) is 0. The average molecular weight is 172 g/mol. The normalized spacial score (nSPS) is 12.0. The van der Waals surface area contributed by atoms with Crippen molar-refractivity contribution in [1.82, 2.24) is 10.6 Å². The maximum absolute atomic E-state index is 3.51. The highest BCUT2D eigenvalue weighted by atomic mass is 15.0. The quantitative estimate of drug-likeness (QED) is 0.572. The van der Waals surface area contributed by atoms with Gasteiger partial charge in [-0.25, -0.2) is 0 Å². The fourth-order valence-electron chi connectivity index (χ4n) is 0.916. The van der Waals surface area contributed by atoms with Crippen LogP contribution in [0.15, 0.2) is 0 Å². The molecule has 0 aromatic heterocycles. The van der Waals surface area contributed by atoms with Gasteiger partial charge in [-0.1, -0.05) is 13.8 Å². The third-order valence-corrected chi connectivity index (χ3v) is 2.22. The van der Waals surface area contributed by atoms with Crippen molar-refractivity contribution in [2.75, 3.05) is 19.6 Å². The molecule has 0 spiro atoms. The summed E-state index contributed by atoms with van der Waals surface area (Å²) in [6.45, 7) is 12.2. The molecular formula is C10H24N2. The molecule has 0 saturated heterocycles. The van der Waals surface area contributed by atoms with Gasteiger partial charge in [-0.15, -0.1) is 0 Å². The van der Waals surface area contributed by atoms with E-state index < -0.39 is 0 Å². The second-order valence-electron chi connectivity index (χ2n) is 3.91. The molecule has 0 rings (SSSR count). The van der Waals surface area contributed by atoms with Crippen molar-refractivity contribution in [3.63, 3.8) is 0 Å². The van der Waals surface area contributed by atoms with E-state index in [1.807, 2.05) is 0 Å². The van der Waals surface area contributed by atoms with Gasteiger partial charge < -0.3 is 10.6 Å². The minimum atomic E-state index is 0.299. The van der Waals surface area contributed by atoms with Crippen LogP contribution in [0.3, 0.4) is 0 Å². The highest BCUT2D eigenvalue weighted by Crippen LogP contribution is 2.05. The van der Waals surface area contributed by atoms with Crippen molar-refractivity contribution < 1.29 is 0 Å². The van der Waals surface area contributed by atoms with Crippen LogP contribution in [0, 0.1) is 0 Å². The maximum atomic E-state index is 3.51. The highest BCUT2D eigenvalue weighted by Gasteiger charge is 2.11. The first kappa shape index (κ1) is 11.9. The molecule has 2 nitrogen and oxygen atoms in total. The van der Waals surface area contributed by atoms with E-state index in [0.717, 1.165) is 19.6 Å². The van der Waals surface area contributed by atoms with Gasteiger partial charge in [-0.3, -0.25) is 0 Å². The van der Waals surface area contributed by atoms with E-state index in [1.165, 1.54) is 12.8 Å². The summed E-state index contributed by atoms with van der Waals surface area (Å²) in [5.74, 6) is 0. The topological polar surface area (TPSA) is 24.1 Å². The van der Waals surface area contributed by atoms with Crippen LogP contribution in [0.25, 0.3) is 0 Å². The van der Waals surface area contributed by atoms with Crippen LogP contribution in [-0.2, 0) is 0 Å². The van der Waals surface area contributed by atoms with Crippen LogP contribution in [0.1, 0.15) is 40.5 Å². The summed E-state index contributed by atoms with van der Waals surface area (Å²) in [5, 5.41) is 6.87. The second-order valence-corrected chi connectivity index (χ2v) is 3.91. The molecule has 0 aromatic rings. The molecule has 0 radical (unpaired) electrons. The van der Waals surface area contributed by atoms with Gasteiger partial charge in [0.05, 0.1) is 0 Å². The predicted octanol–water partition coefficient (Wildman–Crippen LogP) is 1.76. The lowest BCUT2D eigenvalue weighted by Gasteiger charge is -2.24. The lowest BCUT2D eigenvalue weighted by Crippen LogP contribution is -2.42. The van der Waals surface area contributed by atoms with E-state index in [0.29, 0.717) is 5.54 Å². The first-order valence-electron chi connectivity index (χ1n) is 5.08. The van der Waals surface area contributed by atoms with E-state index >= 15 is 0 Å². The highest BCUT2D eigenvalue weighted by molar-refractivity contribution is 4.74. The van der Waals surface area contributed by atoms with Crippen LogP contribution in [0.4, 0.5) is 0 Å². The van der Waals surface area contributed by atoms with E-state index in [9.17, 15) is 0 Å². The van der Waals surface area contributed by atoms with Crippen molar-refractivity contribution in [3.05, 3.63) is 0 Å². The van der Waals surface area contributed by atoms with Crippen LogP contribution < -0.4 is 10.6 Å². The predicted molar refractivity (Wildman–Crippen MR) is 55.5 cm³/mol. The summed E-state index contributed by atoms with van der Waals surface area (Å²) >= 11 is 0. The van der Waals surface area contributed by atoms with Gasteiger partial charge in [0.25, 0.3) is 0 Å². The van der Waals surface area contributed by atoms with E-state index in [1.54, 1.807) is 0 Å². The van der Waals surface area contributed by atoms with Crippen LogP contribution >= 0.6 is 0 Å². The SMILES string of the molecule is CCCNCCNC(C)(C)CC. The van der Waals surface area contributed by atoms with E-state index in [4.69, 9.17) is 0 Å². The van der Waals surface area contributed by atoms with Crippen molar-refractivity contribution >= 4 is 0 Å². The molecule has 0 amide bonds. The first-order chi connectivity index (χ1) is 5.62. The molecule has 0 bridgehead atoms. The number of rotatable bonds is 7. The van der Waals surface area contributed by atoms with Crippen LogP contribution in [0.2, 0.25) is 0 Å². The molecular weight excluding hydrogens is 148 g/mol. The molecule has 74 valence electrons. The van der Waals surface area contributed by atoms with Gasteiger partial charge in [-0.05, 0) is 33.2 Å². The Morgan fingerprint density at radius 3 is 2.17 bits per heavy atom. The Kier molecular flexibility index (Phi) is 6.39. The Hall–Kier alpha value is -0.0800. The third kappa shape index (κ3) is 6.62. The zero-order chi connectivity index (χ0) is 9.45. The molecule has 2 heteroatoms. The largest absolute Gasteiger partial charge is 0.315 e. The smallest absolute Gasteiger partial charge is 0.0123 e. The van der Waals surface area contributed by atoms with Gasteiger partial charge in [0, 0.05) is 18.6 Å². The molecule has 0 atom stereocenters. The van der Waals surface area contributed by atoms with Crippen molar-refractivity contribution in [1.29, 1.82) is 0 Å². The molecule has 0 unspecified atom stereocenters. The molecule has 0 saturated carbocycles. The molecule has 0 aliphatic heterocycles. The summed E-state index contributed by atoms with van der Waals surface area (Å²) in [4.78, 5) is 0. The molecule has 0 aromatic carbocycles. The Bertz CT molecular complexity index is 100. The molecule has 0 aliphatic rings. The van der Waals surface area contributed by atoms with Crippen LogP contribution in [0.5, 0.6) is 0 Å².